The number of nitrogens with one attached hydrogen (secondary N) is 1. The molecular formula is C22H33N5O4S. The van der Waals surface area contributed by atoms with Gasteiger partial charge in [-0.25, -0.2) is 8.42 Å². The van der Waals surface area contributed by atoms with Gasteiger partial charge in [0.15, 0.2) is 0 Å². The highest BCUT2D eigenvalue weighted by Gasteiger charge is 2.29. The van der Waals surface area contributed by atoms with Gasteiger partial charge in [-0.15, -0.1) is 0 Å². The molecule has 2 saturated heterocycles. The van der Waals surface area contributed by atoms with Crippen LogP contribution in [0, 0.1) is 11.3 Å². The van der Waals surface area contributed by atoms with Crippen LogP contribution in [0.15, 0.2) is 29.2 Å². The first-order valence-electron chi connectivity index (χ1n) is 11.1. The lowest BCUT2D eigenvalue weighted by Gasteiger charge is -2.35. The summed E-state index contributed by atoms with van der Waals surface area (Å²) in [5.41, 5.74) is 0.425. The first-order chi connectivity index (χ1) is 15.3. The quantitative estimate of drug-likeness (QED) is 0.559. The predicted molar refractivity (Wildman–Crippen MR) is 120 cm³/mol. The molecule has 3 rings (SSSR count). The molecule has 1 aromatic rings. The monoisotopic (exact) mass is 463 g/mol. The second-order valence-electron chi connectivity index (χ2n) is 8.54. The van der Waals surface area contributed by atoms with Gasteiger partial charge in [0.1, 0.15) is 0 Å². The fraction of sp³-hybridized carbons (Fsp3) is 0.636. The Morgan fingerprint density at radius 3 is 2.31 bits per heavy atom. The number of piperazine rings is 1. The largest absolute Gasteiger partial charge is 0.373 e. The SMILES string of the molecule is CC1CN(CCCNC(=O)CN2CCN(S(=O)(=O)c3ccc(C#N)cc3)CC2)CC(C)O1. The second kappa shape index (κ2) is 11.2. The standard InChI is InChI=1S/C22H33N5O4S/c1-18-15-26(16-19(2)31-18)9-3-8-24-22(28)17-25-10-12-27(13-11-25)32(29,30)21-6-4-20(14-23)5-7-21/h4-7,18-19H,3,8-13,15-17H2,1-2H3,(H,24,28). The Hall–Kier alpha value is -2.03. The number of sulfonamides is 1. The Labute approximate surface area is 191 Å². The van der Waals surface area contributed by atoms with Crippen molar-refractivity contribution in [3.63, 3.8) is 0 Å². The van der Waals surface area contributed by atoms with Crippen molar-refractivity contribution in [2.75, 3.05) is 58.9 Å². The Balaban J connectivity index is 1.36. The maximum atomic E-state index is 12.8. The number of carbonyl (C=O) groups excluding carboxylic acids is 1. The van der Waals surface area contributed by atoms with Crippen molar-refractivity contribution in [3.8, 4) is 6.07 Å². The summed E-state index contributed by atoms with van der Waals surface area (Å²) in [5.74, 6) is -0.0305. The number of hydrogen-bond donors (Lipinski definition) is 1. The minimum atomic E-state index is -3.59. The zero-order chi connectivity index (χ0) is 23.1. The average Bonchev–Trinajstić information content (AvgIpc) is 2.76. The zero-order valence-electron chi connectivity index (χ0n) is 18.9. The third kappa shape index (κ3) is 6.73. The van der Waals surface area contributed by atoms with Gasteiger partial charge in [-0.1, -0.05) is 0 Å². The van der Waals surface area contributed by atoms with E-state index in [4.69, 9.17) is 10.00 Å². The van der Waals surface area contributed by atoms with E-state index in [0.29, 0.717) is 38.3 Å². The zero-order valence-corrected chi connectivity index (χ0v) is 19.7. The highest BCUT2D eigenvalue weighted by atomic mass is 32.2. The molecule has 2 heterocycles. The lowest BCUT2D eigenvalue weighted by atomic mass is 10.2. The van der Waals surface area contributed by atoms with E-state index in [1.54, 1.807) is 0 Å². The van der Waals surface area contributed by atoms with Crippen molar-refractivity contribution in [3.05, 3.63) is 29.8 Å². The number of amides is 1. The van der Waals surface area contributed by atoms with Gasteiger partial charge in [-0.3, -0.25) is 14.6 Å². The number of nitriles is 1. The Morgan fingerprint density at radius 1 is 1.09 bits per heavy atom. The van der Waals surface area contributed by atoms with Gasteiger partial charge in [0.05, 0.1) is 35.3 Å². The molecule has 0 saturated carbocycles. The molecule has 0 spiro atoms. The first-order valence-corrected chi connectivity index (χ1v) is 12.6. The number of ether oxygens (including phenoxy) is 1. The second-order valence-corrected chi connectivity index (χ2v) is 10.5. The summed E-state index contributed by atoms with van der Waals surface area (Å²) in [6.07, 6.45) is 1.38. The number of carbonyl (C=O) groups is 1. The number of nitrogens with zero attached hydrogens (tertiary/aromatic N) is 4. The lowest BCUT2D eigenvalue weighted by molar-refractivity contribution is -0.122. The van der Waals surface area contributed by atoms with Gasteiger partial charge in [-0.2, -0.15) is 9.57 Å². The van der Waals surface area contributed by atoms with Crippen molar-refractivity contribution in [2.45, 2.75) is 37.4 Å². The summed E-state index contributed by atoms with van der Waals surface area (Å²) >= 11 is 0. The molecule has 0 radical (unpaired) electrons. The molecule has 32 heavy (non-hydrogen) atoms. The normalized spacial score (nSPS) is 23.5. The van der Waals surface area contributed by atoms with Crippen molar-refractivity contribution in [2.24, 2.45) is 0 Å². The van der Waals surface area contributed by atoms with E-state index in [1.165, 1.54) is 28.6 Å². The molecule has 0 bridgehead atoms. The third-order valence-electron chi connectivity index (χ3n) is 5.79. The van der Waals surface area contributed by atoms with Gasteiger partial charge in [0.25, 0.3) is 0 Å². The van der Waals surface area contributed by atoms with Crippen molar-refractivity contribution in [1.82, 2.24) is 19.4 Å². The van der Waals surface area contributed by atoms with Crippen LogP contribution in [0.4, 0.5) is 0 Å². The van der Waals surface area contributed by atoms with E-state index in [1.807, 2.05) is 11.0 Å². The summed E-state index contributed by atoms with van der Waals surface area (Å²) in [6, 6.07) is 7.93. The van der Waals surface area contributed by atoms with Crippen molar-refractivity contribution >= 4 is 15.9 Å². The molecule has 9 nitrogen and oxygen atoms in total. The molecule has 0 aliphatic carbocycles. The third-order valence-corrected chi connectivity index (χ3v) is 7.70. The molecule has 2 atom stereocenters. The van der Waals surface area contributed by atoms with Crippen LogP contribution in [0.2, 0.25) is 0 Å². The van der Waals surface area contributed by atoms with Crippen molar-refractivity contribution in [1.29, 1.82) is 5.26 Å². The summed E-state index contributed by atoms with van der Waals surface area (Å²) in [6.45, 7) is 9.54. The van der Waals surface area contributed by atoms with Gasteiger partial charge in [0, 0.05) is 52.4 Å². The smallest absolute Gasteiger partial charge is 0.243 e. The Bertz CT molecular complexity index is 897. The number of benzene rings is 1. The van der Waals surface area contributed by atoms with Gasteiger partial charge < -0.3 is 10.1 Å². The van der Waals surface area contributed by atoms with Crippen LogP contribution in [0.5, 0.6) is 0 Å². The van der Waals surface area contributed by atoms with Crippen LogP contribution in [-0.2, 0) is 19.6 Å². The molecule has 1 aromatic carbocycles. The van der Waals surface area contributed by atoms with E-state index >= 15 is 0 Å². The topological polar surface area (TPSA) is 106 Å². The molecule has 2 unspecified atom stereocenters. The molecule has 2 fully saturated rings. The van der Waals surface area contributed by atoms with E-state index < -0.39 is 10.0 Å². The fourth-order valence-corrected chi connectivity index (χ4v) is 5.66. The Morgan fingerprint density at radius 2 is 1.72 bits per heavy atom. The Kier molecular flexibility index (Phi) is 8.62. The molecule has 1 N–H and O–H groups in total. The van der Waals surface area contributed by atoms with Gasteiger partial charge in [-0.05, 0) is 44.5 Å². The minimum Gasteiger partial charge on any atom is -0.373 e. The minimum absolute atomic E-state index is 0.0305. The van der Waals surface area contributed by atoms with E-state index in [-0.39, 0.29) is 29.6 Å². The number of morpholine rings is 1. The molecule has 1 amide bonds. The van der Waals surface area contributed by atoms with Crippen LogP contribution >= 0.6 is 0 Å². The number of rotatable bonds is 8. The summed E-state index contributed by atoms with van der Waals surface area (Å²) in [5, 5.41) is 11.8. The first kappa shape index (κ1) is 24.6. The maximum absolute atomic E-state index is 12.8. The highest BCUT2D eigenvalue weighted by molar-refractivity contribution is 7.89. The molecular weight excluding hydrogens is 430 g/mol. The predicted octanol–water partition coefficient (Wildman–Crippen LogP) is 0.480. The fourth-order valence-electron chi connectivity index (χ4n) is 4.23. The lowest BCUT2D eigenvalue weighted by Crippen LogP contribution is -2.51. The van der Waals surface area contributed by atoms with E-state index in [9.17, 15) is 13.2 Å². The van der Waals surface area contributed by atoms with Gasteiger partial charge in [0.2, 0.25) is 15.9 Å². The molecule has 2 aliphatic heterocycles. The number of hydrogen-bond acceptors (Lipinski definition) is 7. The van der Waals surface area contributed by atoms with Crippen LogP contribution in [0.25, 0.3) is 0 Å². The van der Waals surface area contributed by atoms with Gasteiger partial charge >= 0.3 is 0 Å². The summed E-state index contributed by atoms with van der Waals surface area (Å²) in [7, 11) is -3.59. The summed E-state index contributed by atoms with van der Waals surface area (Å²) in [4.78, 5) is 16.8. The van der Waals surface area contributed by atoms with E-state index in [0.717, 1.165) is 26.1 Å². The van der Waals surface area contributed by atoms with Crippen LogP contribution in [0.3, 0.4) is 0 Å². The molecule has 10 heteroatoms. The van der Waals surface area contributed by atoms with Crippen LogP contribution in [0.1, 0.15) is 25.8 Å². The van der Waals surface area contributed by atoms with Crippen LogP contribution < -0.4 is 5.32 Å². The summed E-state index contributed by atoms with van der Waals surface area (Å²) < 4.78 is 32.8. The average molecular weight is 464 g/mol. The van der Waals surface area contributed by atoms with Crippen molar-refractivity contribution < 1.29 is 17.9 Å². The molecule has 176 valence electrons. The van der Waals surface area contributed by atoms with Crippen LogP contribution in [-0.4, -0.2) is 99.5 Å². The maximum Gasteiger partial charge on any atom is 0.243 e. The molecule has 0 aromatic heterocycles. The van der Waals surface area contributed by atoms with E-state index in [2.05, 4.69) is 24.1 Å². The molecule has 2 aliphatic rings. The highest BCUT2D eigenvalue weighted by Crippen LogP contribution is 2.18.